The van der Waals surface area contributed by atoms with Gasteiger partial charge < -0.3 is 26.9 Å². The van der Waals surface area contributed by atoms with Gasteiger partial charge in [0.25, 0.3) is 0 Å². The predicted molar refractivity (Wildman–Crippen MR) is 133 cm³/mol. The van der Waals surface area contributed by atoms with Crippen molar-refractivity contribution in [2.75, 3.05) is 52.4 Å². The molecule has 0 aromatic heterocycles. The molecule has 0 spiro atoms. The molecule has 0 aliphatic rings. The Bertz CT molecular complexity index is 530. The van der Waals surface area contributed by atoms with Gasteiger partial charge in [0.15, 0.2) is 0 Å². The molecule has 0 amide bonds. The minimum Gasteiger partial charge on any atom is -0.602 e. The van der Waals surface area contributed by atoms with E-state index in [0.717, 1.165) is 39.3 Å². The summed E-state index contributed by atoms with van der Waals surface area (Å²) in [5, 5.41) is 9.98. The maximum Gasteiger partial charge on any atom is 1.00 e. The third kappa shape index (κ3) is 14.8. The first-order valence-electron chi connectivity index (χ1n) is 12.3. The number of ketones is 1. The summed E-state index contributed by atoms with van der Waals surface area (Å²) in [6.45, 7) is 23.0. The molecule has 0 radical (unpaired) electrons. The number of carboxylic acids is 1. The van der Waals surface area contributed by atoms with Crippen LogP contribution in [0.1, 0.15) is 68.2 Å². The molecule has 0 rings (SSSR count). The maximum atomic E-state index is 12.2. The van der Waals surface area contributed by atoms with Gasteiger partial charge in [-0.2, -0.15) is 6.92 Å². The molecule has 0 bridgehead atoms. The van der Waals surface area contributed by atoms with Crippen LogP contribution < -0.4 is 58.2 Å². The summed E-state index contributed by atoms with van der Waals surface area (Å²) in [5.74, 6) is -0.769. The van der Waals surface area contributed by atoms with E-state index in [-0.39, 0.29) is 69.9 Å². The van der Waals surface area contributed by atoms with Crippen LogP contribution >= 0.6 is 0 Å². The Morgan fingerprint density at radius 1 is 0.909 bits per heavy atom. The van der Waals surface area contributed by atoms with E-state index in [0.29, 0.717) is 32.0 Å². The van der Waals surface area contributed by atoms with E-state index in [1.165, 1.54) is 6.04 Å². The van der Waals surface area contributed by atoms with Crippen molar-refractivity contribution >= 4 is 11.8 Å². The molecule has 0 aromatic carbocycles. The molecular formula is C25H50N4O3Rb-. The molecule has 0 saturated carbocycles. The van der Waals surface area contributed by atoms with Gasteiger partial charge in [-0.3, -0.25) is 20.5 Å². The molecule has 7 nitrogen and oxygen atoms in total. The second kappa shape index (κ2) is 19.9. The van der Waals surface area contributed by atoms with E-state index < -0.39 is 12.0 Å². The summed E-state index contributed by atoms with van der Waals surface area (Å²) < 4.78 is 0. The quantitative estimate of drug-likeness (QED) is 0.239. The number of hydrogen-bond acceptors (Lipinski definition) is 6. The average molecular weight is 540 g/mol. The van der Waals surface area contributed by atoms with Crippen LogP contribution in [-0.2, 0) is 9.59 Å². The second-order valence-corrected chi connectivity index (χ2v) is 9.24. The Labute approximate surface area is 253 Å². The summed E-state index contributed by atoms with van der Waals surface area (Å²) >= 11 is 0. The zero-order valence-corrected chi connectivity index (χ0v) is 28.0. The van der Waals surface area contributed by atoms with Gasteiger partial charge in [-0.15, -0.1) is 6.54 Å². The first-order chi connectivity index (χ1) is 15.0. The van der Waals surface area contributed by atoms with Gasteiger partial charge in [-0.1, -0.05) is 48.5 Å². The Morgan fingerprint density at radius 2 is 1.39 bits per heavy atom. The minimum atomic E-state index is -0.837. The number of likely N-dealkylation sites (N-methyl/N-ethyl adjacent to an activating group) is 2. The molecule has 0 aliphatic carbocycles. The molecule has 190 valence electrons. The number of hydrogen-bond donors (Lipinski definition) is 1. The molecule has 0 saturated heterocycles. The molecule has 0 aliphatic heterocycles. The number of carbonyl (C=O) groups excluding carboxylic acids is 1. The van der Waals surface area contributed by atoms with Crippen LogP contribution in [0.5, 0.6) is 0 Å². The van der Waals surface area contributed by atoms with Gasteiger partial charge >= 0.3 is 64.2 Å². The van der Waals surface area contributed by atoms with Gasteiger partial charge in [-0.05, 0) is 32.1 Å². The summed E-state index contributed by atoms with van der Waals surface area (Å²) in [6, 6.07) is 0.903. The number of nitrogens with zero attached hydrogens (tertiary/aromatic N) is 4. The summed E-state index contributed by atoms with van der Waals surface area (Å²) in [6.07, 6.45) is 0.674. The number of Topliss-reactive ketones (excluding diaryl/α,β-unsaturated/α-hetero) is 1. The van der Waals surface area contributed by atoms with Gasteiger partial charge in [0.05, 0.1) is 0 Å². The second-order valence-electron chi connectivity index (χ2n) is 9.24. The van der Waals surface area contributed by atoms with Crippen LogP contribution in [0.4, 0.5) is 0 Å². The number of rotatable bonds is 19. The molecule has 8 heteroatoms. The van der Waals surface area contributed by atoms with E-state index in [9.17, 15) is 14.7 Å². The molecule has 1 unspecified atom stereocenters. The van der Waals surface area contributed by atoms with Crippen molar-refractivity contribution in [3.63, 3.8) is 0 Å². The van der Waals surface area contributed by atoms with E-state index in [4.69, 9.17) is 0 Å². The van der Waals surface area contributed by atoms with Crippen LogP contribution in [-0.4, -0.2) is 101 Å². The Balaban J connectivity index is 0. The molecule has 0 aromatic rings. The smallest absolute Gasteiger partial charge is 0.602 e. The normalized spacial score (nSPS) is 13.1. The molecular weight excluding hydrogens is 490 g/mol. The SMILES string of the molecule is [CH2-]N([C-](C)CN(CC)CCN(CCN(CC)CC)C(CCC(=O)C(C)C)C(=O)O)C(C)C.[Rb+]. The van der Waals surface area contributed by atoms with Crippen molar-refractivity contribution in [2.24, 2.45) is 5.92 Å². The van der Waals surface area contributed by atoms with E-state index in [1.807, 2.05) is 18.7 Å². The van der Waals surface area contributed by atoms with Crippen LogP contribution in [0.15, 0.2) is 0 Å². The van der Waals surface area contributed by atoms with Crippen LogP contribution in [0, 0.1) is 19.0 Å². The summed E-state index contributed by atoms with van der Waals surface area (Å²) in [7, 11) is 4.14. The van der Waals surface area contributed by atoms with E-state index in [1.54, 1.807) is 0 Å². The van der Waals surface area contributed by atoms with Crippen molar-refractivity contribution in [1.82, 2.24) is 19.6 Å². The number of carboxylic acid groups (broad SMARTS) is 1. The Kier molecular flexibility index (Phi) is 21.7. The van der Waals surface area contributed by atoms with Crippen molar-refractivity contribution in [2.45, 2.75) is 80.3 Å². The maximum absolute atomic E-state index is 12.2. The number of aliphatic carboxylic acids is 1. The van der Waals surface area contributed by atoms with Crippen molar-refractivity contribution in [1.29, 1.82) is 0 Å². The fourth-order valence-corrected chi connectivity index (χ4v) is 3.74. The summed E-state index contributed by atoms with van der Waals surface area (Å²) in [5.41, 5.74) is 0. The molecule has 0 fully saturated rings. The Morgan fingerprint density at radius 3 is 1.79 bits per heavy atom. The first kappa shape index (κ1) is 35.9. The monoisotopic (exact) mass is 539 g/mol. The van der Waals surface area contributed by atoms with Crippen LogP contribution in [0.3, 0.4) is 0 Å². The standard InChI is InChI=1S/C25H50N4O3.Rb/c1-10-27(11-2)15-17-29(23(25(31)32)13-14-24(30)20(4)5)18-16-28(12-3)19-22(8)26(9)21(6)7;/h20-21,23H,9-19H2,1-8H3,(H,31,32);/q-2;+1. The zero-order chi connectivity index (χ0) is 24.8. The molecule has 33 heavy (non-hydrogen) atoms. The zero-order valence-electron chi connectivity index (χ0n) is 23.1. The van der Waals surface area contributed by atoms with Crippen LogP contribution in [0.2, 0.25) is 0 Å². The summed E-state index contributed by atoms with van der Waals surface area (Å²) in [4.78, 5) is 33.1. The molecule has 0 heterocycles. The van der Waals surface area contributed by atoms with E-state index >= 15 is 0 Å². The number of carbonyl (C=O) groups is 2. The molecule has 1 N–H and O–H groups in total. The van der Waals surface area contributed by atoms with Crippen molar-refractivity contribution in [3.05, 3.63) is 13.1 Å². The Hall–Kier alpha value is 0.785. The van der Waals surface area contributed by atoms with Gasteiger partial charge in [-0.25, -0.2) is 0 Å². The fraction of sp³-hybridized carbons (Fsp3) is 0.840. The van der Waals surface area contributed by atoms with Gasteiger partial charge in [0, 0.05) is 38.5 Å². The third-order valence-electron chi connectivity index (χ3n) is 6.35. The van der Waals surface area contributed by atoms with Gasteiger partial charge in [0.2, 0.25) is 0 Å². The van der Waals surface area contributed by atoms with Crippen molar-refractivity contribution in [3.8, 4) is 0 Å². The van der Waals surface area contributed by atoms with Crippen molar-refractivity contribution < 1.29 is 72.9 Å². The van der Waals surface area contributed by atoms with E-state index in [2.05, 4.69) is 63.3 Å². The van der Waals surface area contributed by atoms with Crippen LogP contribution in [0.25, 0.3) is 0 Å². The first-order valence-corrected chi connectivity index (χ1v) is 12.3. The van der Waals surface area contributed by atoms with Gasteiger partial charge in [0.1, 0.15) is 11.8 Å². The molecule has 1 atom stereocenters. The largest absolute Gasteiger partial charge is 1.00 e. The fourth-order valence-electron chi connectivity index (χ4n) is 3.74. The minimum absolute atomic E-state index is 0. The average Bonchev–Trinajstić information content (AvgIpc) is 2.74. The topological polar surface area (TPSA) is 67.3 Å². The third-order valence-corrected chi connectivity index (χ3v) is 6.35. The predicted octanol–water partition coefficient (Wildman–Crippen LogP) is 0.468.